The zero-order chi connectivity index (χ0) is 23.6. The molecule has 0 aliphatic carbocycles. The molecule has 0 saturated heterocycles. The molecule has 2 N–H and O–H groups in total. The second-order valence-corrected chi connectivity index (χ2v) is 7.68. The van der Waals surface area contributed by atoms with Gasteiger partial charge in [0.1, 0.15) is 12.0 Å². The number of urea groups is 1. The lowest BCUT2D eigenvalue weighted by Crippen LogP contribution is -2.30. The Kier molecular flexibility index (Phi) is 7.92. The molecule has 0 saturated carbocycles. The highest BCUT2D eigenvalue weighted by molar-refractivity contribution is 5.89. The number of carbonyl (C=O) groups excluding carboxylic acids is 1. The molecule has 34 heavy (non-hydrogen) atoms. The molecule has 0 aliphatic rings. The van der Waals surface area contributed by atoms with Crippen LogP contribution in [0.4, 0.5) is 10.5 Å². The molecule has 0 aliphatic heterocycles. The van der Waals surface area contributed by atoms with Gasteiger partial charge in [-0.05, 0) is 47.5 Å². The molecule has 0 spiro atoms. The van der Waals surface area contributed by atoms with Crippen molar-refractivity contribution < 1.29 is 18.7 Å². The van der Waals surface area contributed by atoms with Crippen molar-refractivity contribution in [1.29, 1.82) is 0 Å². The van der Waals surface area contributed by atoms with Gasteiger partial charge < -0.3 is 24.5 Å². The number of benzene rings is 3. The van der Waals surface area contributed by atoms with Crippen LogP contribution in [0, 0.1) is 0 Å². The van der Waals surface area contributed by atoms with E-state index < -0.39 is 0 Å². The monoisotopic (exact) mass is 457 g/mol. The third kappa shape index (κ3) is 6.70. The lowest BCUT2D eigenvalue weighted by atomic mass is 10.2. The average Bonchev–Trinajstić information content (AvgIpc) is 3.34. The van der Waals surface area contributed by atoms with Crippen molar-refractivity contribution in [2.45, 2.75) is 19.6 Å². The first kappa shape index (κ1) is 23.1. The molecule has 2 amide bonds. The molecule has 0 fully saturated rings. The second kappa shape index (κ2) is 11.7. The number of hydrogen-bond acceptors (Lipinski definition) is 5. The minimum atomic E-state index is -0.275. The highest BCUT2D eigenvalue weighted by atomic mass is 16.5. The van der Waals surface area contributed by atoms with Crippen LogP contribution in [0.3, 0.4) is 0 Å². The van der Waals surface area contributed by atoms with Gasteiger partial charge in [-0.2, -0.15) is 0 Å². The van der Waals surface area contributed by atoms with E-state index >= 15 is 0 Å². The zero-order valence-corrected chi connectivity index (χ0v) is 19.0. The number of hydrogen-bond donors (Lipinski definition) is 2. The van der Waals surface area contributed by atoms with Crippen LogP contribution in [-0.4, -0.2) is 24.7 Å². The van der Waals surface area contributed by atoms with E-state index in [4.69, 9.17) is 13.9 Å². The zero-order valence-electron chi connectivity index (χ0n) is 19.0. The van der Waals surface area contributed by atoms with Crippen LogP contribution in [0.15, 0.2) is 89.5 Å². The fraction of sp³-hybridized carbons (Fsp3) is 0.185. The molecule has 7 nitrogen and oxygen atoms in total. The van der Waals surface area contributed by atoms with Gasteiger partial charge in [-0.25, -0.2) is 9.78 Å². The molecule has 0 unspecified atom stereocenters. The summed E-state index contributed by atoms with van der Waals surface area (Å²) in [5.74, 6) is 1.39. The van der Waals surface area contributed by atoms with Gasteiger partial charge in [0.15, 0.2) is 0 Å². The summed E-state index contributed by atoms with van der Waals surface area (Å²) < 4.78 is 16.5. The highest BCUT2D eigenvalue weighted by Crippen LogP contribution is 2.18. The van der Waals surface area contributed by atoms with Crippen LogP contribution in [0.25, 0.3) is 11.5 Å². The average molecular weight is 458 g/mol. The Balaban J connectivity index is 1.19. The van der Waals surface area contributed by atoms with Crippen molar-refractivity contribution >= 4 is 11.7 Å². The third-order valence-electron chi connectivity index (χ3n) is 5.12. The number of carbonyl (C=O) groups is 1. The first-order chi connectivity index (χ1) is 16.7. The molecule has 7 heteroatoms. The second-order valence-electron chi connectivity index (χ2n) is 7.68. The fourth-order valence-electron chi connectivity index (χ4n) is 3.36. The minimum Gasteiger partial charge on any atom is -0.497 e. The summed E-state index contributed by atoms with van der Waals surface area (Å²) in [6.07, 6.45) is 2.19. The third-order valence-corrected chi connectivity index (χ3v) is 5.12. The van der Waals surface area contributed by atoms with Crippen LogP contribution in [0.1, 0.15) is 16.8 Å². The topological polar surface area (TPSA) is 85.6 Å². The summed E-state index contributed by atoms with van der Waals surface area (Å²) in [6, 6.07) is 24.8. The molecule has 174 valence electrons. The van der Waals surface area contributed by atoms with Gasteiger partial charge in [-0.3, -0.25) is 0 Å². The molecule has 0 bridgehead atoms. The van der Waals surface area contributed by atoms with Gasteiger partial charge in [0.2, 0.25) is 5.89 Å². The number of rotatable bonds is 10. The first-order valence-electron chi connectivity index (χ1n) is 11.0. The van der Waals surface area contributed by atoms with Crippen LogP contribution in [0.2, 0.25) is 0 Å². The number of ether oxygens (including phenoxy) is 2. The molecule has 4 aromatic rings. The lowest BCUT2D eigenvalue weighted by Gasteiger charge is -2.09. The van der Waals surface area contributed by atoms with E-state index in [0.717, 1.165) is 28.1 Å². The molecule has 1 heterocycles. The van der Waals surface area contributed by atoms with Gasteiger partial charge in [-0.15, -0.1) is 0 Å². The normalized spacial score (nSPS) is 10.6. The van der Waals surface area contributed by atoms with Gasteiger partial charge in [0.25, 0.3) is 0 Å². The van der Waals surface area contributed by atoms with E-state index in [1.54, 1.807) is 13.4 Å². The Morgan fingerprint density at radius 3 is 2.53 bits per heavy atom. The largest absolute Gasteiger partial charge is 0.497 e. The standard InChI is InChI=1S/C27H27N3O4/c1-32-25-12-10-20(11-13-25)17-33-18-21-6-5-9-23(16-21)30-27(31)28-15-14-24-19-34-26(29-24)22-7-3-2-4-8-22/h2-13,16,19H,14-15,17-18H2,1H3,(H2,28,30,31). The number of nitrogens with one attached hydrogen (secondary N) is 2. The molecule has 4 rings (SSSR count). The molecule has 3 aromatic carbocycles. The maximum absolute atomic E-state index is 12.3. The van der Waals surface area contributed by atoms with Gasteiger partial charge in [0.05, 0.1) is 26.0 Å². The molecule has 0 atom stereocenters. The number of nitrogens with zero attached hydrogens (tertiary/aromatic N) is 1. The van der Waals surface area contributed by atoms with Gasteiger partial charge >= 0.3 is 6.03 Å². The summed E-state index contributed by atoms with van der Waals surface area (Å²) in [6.45, 7) is 1.38. The van der Waals surface area contributed by atoms with Crippen molar-refractivity contribution in [3.63, 3.8) is 0 Å². The molecular weight excluding hydrogens is 430 g/mol. The van der Waals surface area contributed by atoms with E-state index in [-0.39, 0.29) is 6.03 Å². The summed E-state index contributed by atoms with van der Waals surface area (Å²) in [7, 11) is 1.64. The Bertz CT molecular complexity index is 1190. The van der Waals surface area contributed by atoms with Crippen LogP contribution in [-0.2, 0) is 24.4 Å². The molecule has 1 aromatic heterocycles. The molecular formula is C27H27N3O4. The molecule has 0 radical (unpaired) electrons. The number of amides is 2. The van der Waals surface area contributed by atoms with Crippen molar-refractivity contribution in [1.82, 2.24) is 10.3 Å². The summed E-state index contributed by atoms with van der Waals surface area (Å²) in [4.78, 5) is 16.8. The van der Waals surface area contributed by atoms with E-state index in [9.17, 15) is 4.79 Å². The van der Waals surface area contributed by atoms with Crippen LogP contribution in [0.5, 0.6) is 5.75 Å². The summed E-state index contributed by atoms with van der Waals surface area (Å²) in [5.41, 5.74) is 4.46. The number of aromatic nitrogens is 1. The lowest BCUT2D eigenvalue weighted by molar-refractivity contribution is 0.107. The van der Waals surface area contributed by atoms with Crippen molar-refractivity contribution in [3.8, 4) is 17.2 Å². The van der Waals surface area contributed by atoms with Crippen LogP contribution >= 0.6 is 0 Å². The summed E-state index contributed by atoms with van der Waals surface area (Å²) in [5, 5.41) is 5.71. The Morgan fingerprint density at radius 1 is 0.941 bits per heavy atom. The maximum Gasteiger partial charge on any atom is 0.319 e. The highest BCUT2D eigenvalue weighted by Gasteiger charge is 2.07. The Labute approximate surface area is 198 Å². The van der Waals surface area contributed by atoms with Crippen molar-refractivity contribution in [3.05, 3.63) is 102 Å². The Hall–Kier alpha value is -4.10. The van der Waals surface area contributed by atoms with Crippen molar-refractivity contribution in [2.75, 3.05) is 19.0 Å². The fourth-order valence-corrected chi connectivity index (χ4v) is 3.36. The predicted octanol–water partition coefficient (Wildman–Crippen LogP) is 5.43. The minimum absolute atomic E-state index is 0.275. The van der Waals surface area contributed by atoms with Gasteiger partial charge in [0, 0.05) is 24.2 Å². The number of methoxy groups -OCH3 is 1. The first-order valence-corrected chi connectivity index (χ1v) is 11.0. The Morgan fingerprint density at radius 2 is 1.74 bits per heavy atom. The quantitative estimate of drug-likeness (QED) is 0.332. The maximum atomic E-state index is 12.3. The number of anilines is 1. The number of oxazole rings is 1. The van der Waals surface area contributed by atoms with E-state index in [1.807, 2.05) is 78.9 Å². The van der Waals surface area contributed by atoms with E-state index in [1.165, 1.54) is 0 Å². The van der Waals surface area contributed by atoms with Gasteiger partial charge in [-0.1, -0.05) is 42.5 Å². The summed E-state index contributed by atoms with van der Waals surface area (Å²) >= 11 is 0. The SMILES string of the molecule is COc1ccc(COCc2cccc(NC(=O)NCCc3coc(-c4ccccc4)n3)c2)cc1. The smallest absolute Gasteiger partial charge is 0.319 e. The van der Waals surface area contributed by atoms with Crippen LogP contribution < -0.4 is 15.4 Å². The van der Waals surface area contributed by atoms with Crippen molar-refractivity contribution in [2.24, 2.45) is 0 Å². The van der Waals surface area contributed by atoms with E-state index in [2.05, 4.69) is 15.6 Å². The van der Waals surface area contributed by atoms with E-state index in [0.29, 0.717) is 37.8 Å². The predicted molar refractivity (Wildman–Crippen MR) is 131 cm³/mol.